The van der Waals surface area contributed by atoms with Crippen LogP contribution in [0.15, 0.2) is 24.3 Å². The molecule has 1 aromatic rings. The Hall–Kier alpha value is -2.57. The van der Waals surface area contributed by atoms with Crippen molar-refractivity contribution in [3.05, 3.63) is 24.3 Å². The molecule has 1 heterocycles. The van der Waals surface area contributed by atoms with Gasteiger partial charge in [0, 0.05) is 38.6 Å². The first-order valence-electron chi connectivity index (χ1n) is 6.56. The van der Waals surface area contributed by atoms with Crippen LogP contribution in [0.3, 0.4) is 0 Å². The number of rotatable bonds is 3. The molecule has 2 N–H and O–H groups in total. The molecule has 112 valence electrons. The van der Waals surface area contributed by atoms with E-state index in [2.05, 4.69) is 0 Å². The molecule has 0 aromatic heterocycles. The van der Waals surface area contributed by atoms with Crippen LogP contribution in [-0.4, -0.2) is 61.3 Å². The molecule has 0 atom stereocenters. The first-order chi connectivity index (χ1) is 9.90. The molecule has 0 unspecified atom stereocenters. The van der Waals surface area contributed by atoms with Gasteiger partial charge in [-0.15, -0.1) is 0 Å². The Morgan fingerprint density at radius 3 is 2.43 bits per heavy atom. The summed E-state index contributed by atoms with van der Waals surface area (Å²) in [4.78, 5) is 39.7. The van der Waals surface area contributed by atoms with Crippen molar-refractivity contribution < 1.29 is 14.4 Å². The van der Waals surface area contributed by atoms with Gasteiger partial charge in [0.05, 0.1) is 0 Å². The Bertz CT molecular complexity index is 570. The van der Waals surface area contributed by atoms with E-state index >= 15 is 0 Å². The van der Waals surface area contributed by atoms with Crippen LogP contribution in [0, 0.1) is 0 Å². The summed E-state index contributed by atoms with van der Waals surface area (Å²) in [6, 6.07) is 6.85. The quantitative estimate of drug-likeness (QED) is 0.602. The van der Waals surface area contributed by atoms with Gasteiger partial charge >= 0.3 is 11.8 Å². The molecule has 0 saturated carbocycles. The first-order valence-corrected chi connectivity index (χ1v) is 6.56. The van der Waals surface area contributed by atoms with Crippen molar-refractivity contribution >= 4 is 29.1 Å². The van der Waals surface area contributed by atoms with Crippen LogP contribution in [0.25, 0.3) is 0 Å². The van der Waals surface area contributed by atoms with Crippen LogP contribution in [0.2, 0.25) is 0 Å². The van der Waals surface area contributed by atoms with E-state index < -0.39 is 11.8 Å². The van der Waals surface area contributed by atoms with Gasteiger partial charge in [-0.2, -0.15) is 0 Å². The largest absolute Gasteiger partial charge is 0.399 e. The van der Waals surface area contributed by atoms with Gasteiger partial charge in [0.2, 0.25) is 5.91 Å². The SMILES string of the molecule is CN1CCN(CC(=O)N(C)c2ccc(N)cc2)C(=O)C1=O. The average Bonchev–Trinajstić information content (AvgIpc) is 2.48. The van der Waals surface area contributed by atoms with Gasteiger partial charge in [0.15, 0.2) is 0 Å². The fourth-order valence-electron chi connectivity index (χ4n) is 2.03. The molecule has 0 aliphatic carbocycles. The molecular weight excluding hydrogens is 272 g/mol. The maximum absolute atomic E-state index is 12.2. The zero-order valence-corrected chi connectivity index (χ0v) is 12.1. The van der Waals surface area contributed by atoms with Gasteiger partial charge in [-0.3, -0.25) is 14.4 Å². The molecule has 7 nitrogen and oxygen atoms in total. The van der Waals surface area contributed by atoms with E-state index in [0.29, 0.717) is 24.5 Å². The van der Waals surface area contributed by atoms with Gasteiger partial charge in [0.25, 0.3) is 0 Å². The number of piperazine rings is 1. The lowest BCUT2D eigenvalue weighted by Gasteiger charge is -2.32. The molecule has 1 aromatic carbocycles. The number of anilines is 2. The third kappa shape index (κ3) is 3.13. The number of nitrogens with zero attached hydrogens (tertiary/aromatic N) is 3. The first kappa shape index (κ1) is 14.8. The maximum Gasteiger partial charge on any atom is 0.312 e. The molecule has 3 amide bonds. The molecule has 0 spiro atoms. The summed E-state index contributed by atoms with van der Waals surface area (Å²) in [6.45, 7) is 0.686. The Labute approximate surface area is 122 Å². The maximum atomic E-state index is 12.2. The minimum atomic E-state index is -0.636. The Morgan fingerprint density at radius 2 is 1.81 bits per heavy atom. The zero-order chi connectivity index (χ0) is 15.6. The van der Waals surface area contributed by atoms with Crippen molar-refractivity contribution in [3.8, 4) is 0 Å². The summed E-state index contributed by atoms with van der Waals surface area (Å²) in [6.07, 6.45) is 0. The van der Waals surface area contributed by atoms with Gasteiger partial charge in [-0.1, -0.05) is 0 Å². The molecule has 1 fully saturated rings. The summed E-state index contributed by atoms with van der Waals surface area (Å²) in [5, 5.41) is 0. The molecule has 1 aliphatic rings. The highest BCUT2D eigenvalue weighted by Crippen LogP contribution is 2.15. The monoisotopic (exact) mass is 290 g/mol. The number of carbonyl (C=O) groups is 3. The predicted molar refractivity (Wildman–Crippen MR) is 78.5 cm³/mol. The topological polar surface area (TPSA) is 86.9 Å². The molecule has 0 radical (unpaired) electrons. The number of hydrogen-bond donors (Lipinski definition) is 1. The minimum Gasteiger partial charge on any atom is -0.399 e. The molecule has 1 aliphatic heterocycles. The number of likely N-dealkylation sites (N-methyl/N-ethyl adjacent to an activating group) is 2. The second-order valence-electron chi connectivity index (χ2n) is 5.00. The smallest absolute Gasteiger partial charge is 0.312 e. The van der Waals surface area contributed by atoms with Crippen molar-refractivity contribution in [3.63, 3.8) is 0 Å². The second kappa shape index (κ2) is 5.82. The lowest BCUT2D eigenvalue weighted by Crippen LogP contribution is -2.55. The summed E-state index contributed by atoms with van der Waals surface area (Å²) in [5.74, 6) is -1.47. The summed E-state index contributed by atoms with van der Waals surface area (Å²) in [5.41, 5.74) is 6.89. The number of hydrogen-bond acceptors (Lipinski definition) is 4. The number of nitrogens with two attached hydrogens (primary N) is 1. The van der Waals surface area contributed by atoms with Crippen molar-refractivity contribution in [1.82, 2.24) is 9.80 Å². The second-order valence-corrected chi connectivity index (χ2v) is 5.00. The third-order valence-electron chi connectivity index (χ3n) is 3.50. The standard InChI is InChI=1S/C14H18N4O3/c1-16-7-8-18(14(21)13(16)20)9-12(19)17(2)11-5-3-10(15)4-6-11/h3-6H,7-9,15H2,1-2H3. The average molecular weight is 290 g/mol. The fourth-order valence-corrected chi connectivity index (χ4v) is 2.03. The van der Waals surface area contributed by atoms with Crippen LogP contribution >= 0.6 is 0 Å². The Kier molecular flexibility index (Phi) is 4.11. The van der Waals surface area contributed by atoms with E-state index in [1.807, 2.05) is 0 Å². The number of amides is 3. The predicted octanol–water partition coefficient (Wildman–Crippen LogP) is -0.468. The summed E-state index contributed by atoms with van der Waals surface area (Å²) in [7, 11) is 3.19. The highest BCUT2D eigenvalue weighted by molar-refractivity contribution is 6.35. The van der Waals surface area contributed by atoms with Gasteiger partial charge in [-0.05, 0) is 24.3 Å². The fraction of sp³-hybridized carbons (Fsp3) is 0.357. The Balaban J connectivity index is 2.02. The van der Waals surface area contributed by atoms with Crippen LogP contribution in [0.1, 0.15) is 0 Å². The summed E-state index contributed by atoms with van der Waals surface area (Å²) < 4.78 is 0. The van der Waals surface area contributed by atoms with E-state index in [0.717, 1.165) is 0 Å². The summed E-state index contributed by atoms with van der Waals surface area (Å²) >= 11 is 0. The molecular formula is C14H18N4O3. The van der Waals surface area contributed by atoms with Crippen molar-refractivity contribution in [2.75, 3.05) is 44.4 Å². The molecule has 0 bridgehead atoms. The zero-order valence-electron chi connectivity index (χ0n) is 12.1. The van der Waals surface area contributed by atoms with E-state index in [4.69, 9.17) is 5.73 Å². The van der Waals surface area contributed by atoms with E-state index in [-0.39, 0.29) is 12.5 Å². The van der Waals surface area contributed by atoms with Gasteiger partial charge < -0.3 is 20.4 Å². The number of benzene rings is 1. The van der Waals surface area contributed by atoms with Gasteiger partial charge in [0.1, 0.15) is 6.54 Å². The van der Waals surface area contributed by atoms with Crippen molar-refractivity contribution in [2.45, 2.75) is 0 Å². The lowest BCUT2D eigenvalue weighted by molar-refractivity contribution is -0.155. The Morgan fingerprint density at radius 1 is 1.19 bits per heavy atom. The minimum absolute atomic E-state index is 0.112. The van der Waals surface area contributed by atoms with Crippen LogP contribution < -0.4 is 10.6 Å². The number of nitrogen functional groups attached to an aromatic ring is 1. The number of carbonyl (C=O) groups excluding carboxylic acids is 3. The van der Waals surface area contributed by atoms with Gasteiger partial charge in [-0.25, -0.2) is 0 Å². The van der Waals surface area contributed by atoms with E-state index in [1.165, 1.54) is 14.7 Å². The van der Waals surface area contributed by atoms with E-state index in [1.54, 1.807) is 38.4 Å². The van der Waals surface area contributed by atoms with Crippen LogP contribution in [0.4, 0.5) is 11.4 Å². The normalized spacial score (nSPS) is 15.3. The van der Waals surface area contributed by atoms with Crippen LogP contribution in [-0.2, 0) is 14.4 Å². The molecule has 7 heteroatoms. The molecule has 21 heavy (non-hydrogen) atoms. The molecule has 1 saturated heterocycles. The lowest BCUT2D eigenvalue weighted by atomic mass is 10.2. The molecule has 2 rings (SSSR count). The third-order valence-corrected chi connectivity index (χ3v) is 3.50. The highest BCUT2D eigenvalue weighted by Gasteiger charge is 2.31. The van der Waals surface area contributed by atoms with E-state index in [9.17, 15) is 14.4 Å². The van der Waals surface area contributed by atoms with Crippen molar-refractivity contribution in [2.24, 2.45) is 0 Å². The van der Waals surface area contributed by atoms with Crippen molar-refractivity contribution in [1.29, 1.82) is 0 Å². The highest BCUT2D eigenvalue weighted by atomic mass is 16.2. The van der Waals surface area contributed by atoms with Crippen LogP contribution in [0.5, 0.6) is 0 Å².